The maximum atomic E-state index is 13.6. The van der Waals surface area contributed by atoms with Gasteiger partial charge in [0.25, 0.3) is 10.0 Å². The number of sulfonamides is 1. The second-order valence-corrected chi connectivity index (χ2v) is 6.38. The topological polar surface area (TPSA) is 72.2 Å². The van der Waals surface area contributed by atoms with Crippen molar-refractivity contribution in [1.29, 1.82) is 0 Å². The molecule has 0 spiro atoms. The second kappa shape index (κ2) is 5.47. The smallest absolute Gasteiger partial charge is 0.262 e. The van der Waals surface area contributed by atoms with E-state index in [2.05, 4.69) is 4.72 Å². The van der Waals surface area contributed by atoms with E-state index in [0.717, 1.165) is 6.07 Å². The first-order valence-corrected chi connectivity index (χ1v) is 7.57. The van der Waals surface area contributed by atoms with Crippen LogP contribution >= 0.6 is 23.2 Å². The highest BCUT2D eigenvalue weighted by Crippen LogP contribution is 2.28. The summed E-state index contributed by atoms with van der Waals surface area (Å²) < 4.78 is 39.9. The van der Waals surface area contributed by atoms with Gasteiger partial charge in [0, 0.05) is 0 Å². The predicted octanol–water partition coefficient (Wildman–Crippen LogP) is 3.52. The summed E-state index contributed by atoms with van der Waals surface area (Å²) in [5, 5.41) is 0.298. The molecule has 0 aliphatic rings. The lowest BCUT2D eigenvalue weighted by molar-refractivity contribution is 0.598. The van der Waals surface area contributed by atoms with E-state index in [9.17, 15) is 12.8 Å². The van der Waals surface area contributed by atoms with Crippen LogP contribution in [0.5, 0.6) is 0 Å². The van der Waals surface area contributed by atoms with Crippen LogP contribution in [0.15, 0.2) is 41.3 Å². The summed E-state index contributed by atoms with van der Waals surface area (Å²) in [4.78, 5) is -0.144. The van der Waals surface area contributed by atoms with E-state index in [1.807, 2.05) is 0 Å². The summed E-state index contributed by atoms with van der Waals surface area (Å²) >= 11 is 11.5. The molecule has 0 amide bonds. The van der Waals surface area contributed by atoms with Gasteiger partial charge in [0.15, 0.2) is 0 Å². The van der Waals surface area contributed by atoms with E-state index in [1.54, 1.807) is 0 Å². The minimum absolute atomic E-state index is 0.0198. The van der Waals surface area contributed by atoms with Crippen LogP contribution in [0.3, 0.4) is 0 Å². The van der Waals surface area contributed by atoms with Gasteiger partial charge in [0.05, 0.1) is 20.6 Å². The lowest BCUT2D eigenvalue weighted by atomic mass is 10.3. The van der Waals surface area contributed by atoms with Gasteiger partial charge in [-0.05, 0) is 30.3 Å². The molecule has 0 radical (unpaired) electrons. The Labute approximate surface area is 125 Å². The molecule has 0 atom stereocenters. The minimum atomic E-state index is -4.01. The Hall–Kier alpha value is -1.50. The third kappa shape index (κ3) is 2.98. The number of halogens is 3. The van der Waals surface area contributed by atoms with Crippen LogP contribution < -0.4 is 10.5 Å². The monoisotopic (exact) mass is 334 g/mol. The van der Waals surface area contributed by atoms with Crippen molar-refractivity contribution in [2.75, 3.05) is 10.5 Å². The Bertz CT molecular complexity index is 746. The number of hydrogen-bond donors (Lipinski definition) is 2. The highest BCUT2D eigenvalue weighted by Gasteiger charge is 2.19. The number of nitrogen functional groups attached to an aromatic ring is 1. The highest BCUT2D eigenvalue weighted by atomic mass is 35.5. The van der Waals surface area contributed by atoms with E-state index in [1.165, 1.54) is 30.3 Å². The molecule has 4 nitrogen and oxygen atoms in total. The average Bonchev–Trinajstić information content (AvgIpc) is 2.37. The van der Waals surface area contributed by atoms with E-state index in [4.69, 9.17) is 28.9 Å². The third-order valence-electron chi connectivity index (χ3n) is 2.48. The number of hydrogen-bond acceptors (Lipinski definition) is 3. The van der Waals surface area contributed by atoms with Gasteiger partial charge in [0.1, 0.15) is 11.5 Å². The van der Waals surface area contributed by atoms with Gasteiger partial charge in [-0.2, -0.15) is 0 Å². The Morgan fingerprint density at radius 3 is 2.40 bits per heavy atom. The Balaban J connectivity index is 2.43. The molecule has 0 saturated heterocycles. The van der Waals surface area contributed by atoms with Gasteiger partial charge in [-0.15, -0.1) is 0 Å². The van der Waals surface area contributed by atoms with Crippen LogP contribution in [0.25, 0.3) is 0 Å². The van der Waals surface area contributed by atoms with Crippen molar-refractivity contribution in [3.8, 4) is 0 Å². The number of para-hydroxylation sites is 1. The van der Waals surface area contributed by atoms with E-state index >= 15 is 0 Å². The lowest BCUT2D eigenvalue weighted by Gasteiger charge is -2.11. The van der Waals surface area contributed by atoms with E-state index in [-0.39, 0.29) is 26.3 Å². The molecule has 0 aromatic heterocycles. The predicted molar refractivity (Wildman–Crippen MR) is 78.1 cm³/mol. The van der Waals surface area contributed by atoms with Crippen molar-refractivity contribution < 1.29 is 12.8 Å². The van der Waals surface area contributed by atoms with Crippen molar-refractivity contribution >= 4 is 44.6 Å². The van der Waals surface area contributed by atoms with Gasteiger partial charge in [-0.25, -0.2) is 12.8 Å². The fourth-order valence-corrected chi connectivity index (χ4v) is 2.97. The zero-order valence-corrected chi connectivity index (χ0v) is 12.2. The number of anilines is 2. The molecular weight excluding hydrogens is 326 g/mol. The molecule has 0 heterocycles. The first kappa shape index (κ1) is 14.9. The highest BCUT2D eigenvalue weighted by molar-refractivity contribution is 7.92. The van der Waals surface area contributed by atoms with Gasteiger partial charge in [0.2, 0.25) is 0 Å². The number of nitrogens with two attached hydrogens (primary N) is 1. The molecule has 20 heavy (non-hydrogen) atoms. The van der Waals surface area contributed by atoms with Crippen LogP contribution in [-0.2, 0) is 10.0 Å². The maximum absolute atomic E-state index is 13.6. The molecule has 8 heteroatoms. The molecule has 2 rings (SSSR count). The van der Waals surface area contributed by atoms with Crippen molar-refractivity contribution in [2.45, 2.75) is 4.90 Å². The summed E-state index contributed by atoms with van der Waals surface area (Å²) in [5.74, 6) is -0.770. The number of benzene rings is 2. The molecule has 2 aromatic carbocycles. The lowest BCUT2D eigenvalue weighted by Crippen LogP contribution is -2.15. The van der Waals surface area contributed by atoms with Gasteiger partial charge in [-0.3, -0.25) is 4.72 Å². The van der Waals surface area contributed by atoms with Crippen LogP contribution in [0.4, 0.5) is 15.8 Å². The minimum Gasteiger partial charge on any atom is -0.397 e. The molecule has 2 aromatic rings. The Morgan fingerprint density at radius 1 is 1.10 bits per heavy atom. The first-order valence-electron chi connectivity index (χ1n) is 5.33. The third-order valence-corrected chi connectivity index (χ3v) is 4.57. The fraction of sp³-hybridized carbons (Fsp3) is 0. The Kier molecular flexibility index (Phi) is 4.08. The van der Waals surface area contributed by atoms with Crippen molar-refractivity contribution in [1.82, 2.24) is 0 Å². The molecule has 0 fully saturated rings. The normalized spacial score (nSPS) is 11.3. The SMILES string of the molecule is Nc1cccc(F)c1NS(=O)(=O)c1ccc(Cl)c(Cl)c1. The van der Waals surface area contributed by atoms with Gasteiger partial charge < -0.3 is 5.73 Å². The zero-order valence-electron chi connectivity index (χ0n) is 9.90. The molecule has 0 saturated carbocycles. The van der Waals surface area contributed by atoms with Crippen molar-refractivity contribution in [3.05, 3.63) is 52.3 Å². The summed E-state index contributed by atoms with van der Waals surface area (Å²) in [7, 11) is -4.01. The van der Waals surface area contributed by atoms with E-state index in [0.29, 0.717) is 0 Å². The van der Waals surface area contributed by atoms with Crippen LogP contribution in [0.1, 0.15) is 0 Å². The average molecular weight is 335 g/mol. The quantitative estimate of drug-likeness (QED) is 0.843. The molecule has 0 aliphatic carbocycles. The Morgan fingerprint density at radius 2 is 1.80 bits per heavy atom. The number of rotatable bonds is 3. The molecule has 0 bridgehead atoms. The standard InChI is InChI=1S/C12H9Cl2FN2O2S/c13-8-5-4-7(6-9(8)14)20(18,19)17-12-10(15)2-1-3-11(12)16/h1-6,17H,16H2. The molecule has 3 N–H and O–H groups in total. The summed E-state index contributed by atoms with van der Waals surface area (Å²) in [5.41, 5.74) is 5.22. The van der Waals surface area contributed by atoms with Gasteiger partial charge >= 0.3 is 0 Å². The fourth-order valence-electron chi connectivity index (χ4n) is 1.49. The molecule has 0 unspecified atom stereocenters. The molecular formula is C12H9Cl2FN2O2S. The van der Waals surface area contributed by atoms with E-state index < -0.39 is 15.8 Å². The summed E-state index contributed by atoms with van der Waals surface area (Å²) in [6.07, 6.45) is 0. The maximum Gasteiger partial charge on any atom is 0.262 e. The van der Waals surface area contributed by atoms with Crippen LogP contribution in [0.2, 0.25) is 10.0 Å². The summed E-state index contributed by atoms with van der Waals surface area (Å²) in [6.45, 7) is 0. The van der Waals surface area contributed by atoms with Gasteiger partial charge in [-0.1, -0.05) is 29.3 Å². The number of nitrogens with one attached hydrogen (secondary N) is 1. The first-order chi connectivity index (χ1) is 9.31. The van der Waals surface area contributed by atoms with Crippen molar-refractivity contribution in [3.63, 3.8) is 0 Å². The molecule has 0 aliphatic heterocycles. The van der Waals surface area contributed by atoms with Crippen LogP contribution in [0, 0.1) is 5.82 Å². The second-order valence-electron chi connectivity index (χ2n) is 3.89. The van der Waals surface area contributed by atoms with Crippen LogP contribution in [-0.4, -0.2) is 8.42 Å². The summed E-state index contributed by atoms with van der Waals surface area (Å²) in [6, 6.07) is 7.63. The molecule has 106 valence electrons. The van der Waals surface area contributed by atoms with Crippen molar-refractivity contribution in [2.24, 2.45) is 0 Å². The largest absolute Gasteiger partial charge is 0.397 e. The zero-order chi connectivity index (χ0) is 14.9.